The number of para-hydroxylation sites is 1. The van der Waals surface area contributed by atoms with Crippen LogP contribution in [0.5, 0.6) is 0 Å². The maximum atomic E-state index is 14.6. The van der Waals surface area contributed by atoms with Crippen molar-refractivity contribution in [2.24, 2.45) is 11.8 Å². The van der Waals surface area contributed by atoms with Crippen molar-refractivity contribution in [1.82, 2.24) is 9.80 Å². The van der Waals surface area contributed by atoms with E-state index in [1.807, 2.05) is 24.0 Å². The maximum absolute atomic E-state index is 14.6. The van der Waals surface area contributed by atoms with E-state index in [0.29, 0.717) is 49.6 Å². The number of fused-ring (bicyclic) bond motifs is 1. The lowest BCUT2D eigenvalue weighted by Gasteiger charge is -2.38. The van der Waals surface area contributed by atoms with Gasteiger partial charge in [-0.05, 0) is 51.2 Å². The number of amides is 3. The Morgan fingerprint density at radius 1 is 1.18 bits per heavy atom. The fourth-order valence-electron chi connectivity index (χ4n) is 6.88. The summed E-state index contributed by atoms with van der Waals surface area (Å²) in [6, 6.07) is 6.45. The molecule has 39 heavy (non-hydrogen) atoms. The van der Waals surface area contributed by atoms with Crippen LogP contribution in [0.15, 0.2) is 49.6 Å². The Kier molecular flexibility index (Phi) is 9.19. The molecule has 3 aliphatic rings. The highest BCUT2D eigenvalue weighted by molar-refractivity contribution is 8.02. The Balaban J connectivity index is 1.79. The zero-order valence-corrected chi connectivity index (χ0v) is 24.6. The van der Waals surface area contributed by atoms with Crippen LogP contribution in [-0.4, -0.2) is 80.9 Å². The van der Waals surface area contributed by atoms with Crippen molar-refractivity contribution in [2.45, 2.75) is 61.5 Å². The van der Waals surface area contributed by atoms with Crippen LogP contribution in [0.4, 0.5) is 5.69 Å². The van der Waals surface area contributed by atoms with Gasteiger partial charge >= 0.3 is 0 Å². The molecule has 3 amide bonds. The van der Waals surface area contributed by atoms with E-state index in [1.165, 1.54) is 0 Å². The van der Waals surface area contributed by atoms with Gasteiger partial charge < -0.3 is 19.8 Å². The zero-order chi connectivity index (χ0) is 28.4. The molecular formula is C30H40ClN3O4S. The third kappa shape index (κ3) is 5.04. The van der Waals surface area contributed by atoms with Crippen LogP contribution in [-0.2, 0) is 14.4 Å². The number of thioether (sulfide) groups is 1. The largest absolute Gasteiger partial charge is 0.396 e. The molecule has 0 aromatic heterocycles. The number of hydrogen-bond acceptors (Lipinski definition) is 5. The molecule has 3 fully saturated rings. The molecule has 2 bridgehead atoms. The lowest BCUT2D eigenvalue weighted by atomic mass is 9.66. The smallest absolute Gasteiger partial charge is 0.251 e. The van der Waals surface area contributed by atoms with E-state index in [9.17, 15) is 19.5 Å². The van der Waals surface area contributed by atoms with Crippen LogP contribution in [0, 0.1) is 11.8 Å². The summed E-state index contributed by atoms with van der Waals surface area (Å²) in [7, 11) is 0. The average Bonchev–Trinajstić information content (AvgIpc) is 3.48. The highest BCUT2D eigenvalue weighted by atomic mass is 35.5. The Morgan fingerprint density at radius 2 is 1.90 bits per heavy atom. The predicted octanol–water partition coefficient (Wildman–Crippen LogP) is 4.54. The summed E-state index contributed by atoms with van der Waals surface area (Å²) in [4.78, 5) is 48.1. The van der Waals surface area contributed by atoms with Gasteiger partial charge in [-0.15, -0.1) is 24.9 Å². The van der Waals surface area contributed by atoms with Crippen molar-refractivity contribution >= 4 is 46.8 Å². The first-order valence-electron chi connectivity index (χ1n) is 13.9. The molecule has 1 spiro atoms. The van der Waals surface area contributed by atoms with E-state index in [2.05, 4.69) is 20.1 Å². The van der Waals surface area contributed by atoms with Gasteiger partial charge in [0.2, 0.25) is 11.8 Å². The second-order valence-electron chi connectivity index (χ2n) is 11.0. The fourth-order valence-corrected chi connectivity index (χ4v) is 9.47. The van der Waals surface area contributed by atoms with Crippen molar-refractivity contribution < 1.29 is 19.5 Å². The summed E-state index contributed by atoms with van der Waals surface area (Å²) < 4.78 is -1.15. The van der Waals surface area contributed by atoms with Crippen LogP contribution in [0.25, 0.3) is 0 Å². The number of rotatable bonds is 13. The number of aliphatic hydroxyl groups is 1. The minimum Gasteiger partial charge on any atom is -0.396 e. The third-order valence-corrected chi connectivity index (χ3v) is 10.8. The number of benzene rings is 1. The molecule has 3 heterocycles. The summed E-state index contributed by atoms with van der Waals surface area (Å²) in [6.45, 7) is 13.4. The molecule has 7 nitrogen and oxygen atoms in total. The van der Waals surface area contributed by atoms with Gasteiger partial charge in [-0.3, -0.25) is 14.4 Å². The summed E-state index contributed by atoms with van der Waals surface area (Å²) in [5.74, 6) is -1.46. The van der Waals surface area contributed by atoms with Gasteiger partial charge in [0, 0.05) is 37.5 Å². The van der Waals surface area contributed by atoms with Crippen LogP contribution >= 0.6 is 23.4 Å². The molecular weight excluding hydrogens is 534 g/mol. The first-order chi connectivity index (χ1) is 18.7. The highest BCUT2D eigenvalue weighted by Gasteiger charge is 2.77. The van der Waals surface area contributed by atoms with Crippen molar-refractivity contribution in [3.8, 4) is 0 Å². The van der Waals surface area contributed by atoms with Crippen LogP contribution < -0.4 is 4.90 Å². The topological polar surface area (TPSA) is 81.2 Å². The minimum absolute atomic E-state index is 0.0128. The zero-order valence-electron chi connectivity index (χ0n) is 23.0. The molecule has 9 heteroatoms. The van der Waals surface area contributed by atoms with Crippen molar-refractivity contribution in [3.05, 3.63) is 54.6 Å². The summed E-state index contributed by atoms with van der Waals surface area (Å²) in [6.07, 6.45) is 6.74. The van der Waals surface area contributed by atoms with Gasteiger partial charge in [0.1, 0.15) is 6.04 Å². The van der Waals surface area contributed by atoms with Gasteiger partial charge in [-0.2, -0.15) is 0 Å². The molecule has 3 saturated heterocycles. The monoisotopic (exact) mass is 573 g/mol. The number of halogens is 1. The number of carbonyl (C=O) groups is 3. The van der Waals surface area contributed by atoms with E-state index < -0.39 is 27.4 Å². The van der Waals surface area contributed by atoms with Crippen LogP contribution in [0.2, 0.25) is 5.02 Å². The van der Waals surface area contributed by atoms with Gasteiger partial charge in [-0.25, -0.2) is 0 Å². The number of carbonyl (C=O) groups excluding carboxylic acids is 3. The lowest BCUT2D eigenvalue weighted by molar-refractivity contribution is -0.145. The number of unbranched alkanes of at least 4 members (excludes halogenated alkanes) is 1. The standard InChI is InChI=1S/C30H40ClN3O4S/c1-5-16-32(17-6-2)26(36)23-24-27(37)34(19-10-11-20-35)25(30(24)15-14-29(23,4)39-30)28(38)33(18-7-3)22-13-9-8-12-21(22)31/h5,7-9,12-13,23-25,35H,1,3,6,10-11,14-20H2,2,4H3/t23-,24-,25?,29+,30?/m0/s1. The van der Waals surface area contributed by atoms with Gasteiger partial charge in [0.05, 0.1) is 27.3 Å². The number of hydrogen-bond donors (Lipinski definition) is 1. The fraction of sp³-hybridized carbons (Fsp3) is 0.567. The Hall–Kier alpha value is -2.29. The van der Waals surface area contributed by atoms with Crippen LogP contribution in [0.3, 0.4) is 0 Å². The van der Waals surface area contributed by atoms with Gasteiger partial charge in [0.15, 0.2) is 0 Å². The molecule has 3 aliphatic heterocycles. The maximum Gasteiger partial charge on any atom is 0.251 e. The van der Waals surface area contributed by atoms with E-state index >= 15 is 0 Å². The number of aliphatic hydroxyl groups excluding tert-OH is 1. The average molecular weight is 574 g/mol. The minimum atomic E-state index is -0.742. The van der Waals surface area contributed by atoms with Crippen molar-refractivity contribution in [2.75, 3.05) is 37.7 Å². The highest BCUT2D eigenvalue weighted by Crippen LogP contribution is 2.71. The van der Waals surface area contributed by atoms with E-state index in [1.54, 1.807) is 45.8 Å². The molecule has 212 valence electrons. The number of anilines is 1. The normalized spacial score (nSPS) is 28.9. The number of likely N-dealkylation sites (tertiary alicyclic amines) is 1. The van der Waals surface area contributed by atoms with Crippen molar-refractivity contribution in [3.63, 3.8) is 0 Å². The molecule has 2 unspecified atom stereocenters. The second-order valence-corrected chi connectivity index (χ2v) is 13.3. The Morgan fingerprint density at radius 3 is 2.54 bits per heavy atom. The van der Waals surface area contributed by atoms with E-state index in [4.69, 9.17) is 11.6 Å². The lowest BCUT2D eigenvalue weighted by Crippen LogP contribution is -2.55. The first-order valence-corrected chi connectivity index (χ1v) is 15.1. The summed E-state index contributed by atoms with van der Waals surface area (Å²) in [5, 5.41) is 9.87. The second kappa shape index (κ2) is 12.1. The van der Waals surface area contributed by atoms with E-state index in [-0.39, 0.29) is 30.9 Å². The molecule has 1 aromatic rings. The molecule has 4 rings (SSSR count). The molecule has 5 atom stereocenters. The Labute approximate surface area is 241 Å². The molecule has 1 N–H and O–H groups in total. The third-order valence-electron chi connectivity index (χ3n) is 8.46. The molecule has 0 aliphatic carbocycles. The predicted molar refractivity (Wildman–Crippen MR) is 158 cm³/mol. The molecule has 0 saturated carbocycles. The molecule has 0 radical (unpaired) electrons. The first kappa shape index (κ1) is 29.7. The van der Waals surface area contributed by atoms with Gasteiger partial charge in [-0.1, -0.05) is 42.8 Å². The Bertz CT molecular complexity index is 1130. The van der Waals surface area contributed by atoms with Crippen LogP contribution in [0.1, 0.15) is 46.0 Å². The summed E-state index contributed by atoms with van der Waals surface area (Å²) >= 11 is 8.21. The molecule has 1 aromatic carbocycles. The summed E-state index contributed by atoms with van der Waals surface area (Å²) in [5.41, 5.74) is 0.572. The van der Waals surface area contributed by atoms with E-state index in [0.717, 1.165) is 12.8 Å². The number of nitrogens with zero attached hydrogens (tertiary/aromatic N) is 3. The quantitative estimate of drug-likeness (QED) is 0.277. The van der Waals surface area contributed by atoms with Gasteiger partial charge in [0.25, 0.3) is 5.91 Å². The SMILES string of the molecule is C=CCN(CCC)C(=O)[C@@H]1[C@H]2C(=O)N(CCCCO)C(C(=O)N(CC=C)c3ccccc3Cl)C23CC[C@@]1(C)S3. The van der Waals surface area contributed by atoms with Crippen molar-refractivity contribution in [1.29, 1.82) is 0 Å².